The number of aromatic nitrogens is 1. The molecule has 0 saturated heterocycles. The number of nitrogens with two attached hydrogens (primary N) is 1. The van der Waals surface area contributed by atoms with E-state index in [2.05, 4.69) is 31.8 Å². The fraction of sp³-hybridized carbons (Fsp3) is 0.706. The van der Waals surface area contributed by atoms with Gasteiger partial charge >= 0.3 is 0 Å². The third-order valence-corrected chi connectivity index (χ3v) is 4.08. The summed E-state index contributed by atoms with van der Waals surface area (Å²) in [7, 11) is 0. The molecule has 1 aromatic heterocycles. The second-order valence-electron chi connectivity index (χ2n) is 6.42. The van der Waals surface area contributed by atoms with E-state index < -0.39 is 0 Å². The molecule has 2 unspecified atom stereocenters. The maximum absolute atomic E-state index is 6.16. The van der Waals surface area contributed by atoms with Crippen molar-refractivity contribution in [2.45, 2.75) is 65.5 Å². The molecule has 1 heterocycles. The smallest absolute Gasteiger partial charge is 0.214 e. The van der Waals surface area contributed by atoms with E-state index in [-0.39, 0.29) is 0 Å². The molecule has 0 radical (unpaired) electrons. The van der Waals surface area contributed by atoms with E-state index >= 15 is 0 Å². The van der Waals surface area contributed by atoms with E-state index in [1.165, 1.54) is 6.42 Å². The molecule has 20 heavy (non-hydrogen) atoms. The zero-order valence-electron chi connectivity index (χ0n) is 13.1. The summed E-state index contributed by atoms with van der Waals surface area (Å²) >= 11 is 0. The van der Waals surface area contributed by atoms with Gasteiger partial charge in [0, 0.05) is 18.3 Å². The summed E-state index contributed by atoms with van der Waals surface area (Å²) in [5.41, 5.74) is 8.00. The Kier molecular flexibility index (Phi) is 5.41. The van der Waals surface area contributed by atoms with Gasteiger partial charge in [-0.3, -0.25) is 0 Å². The first-order valence-corrected chi connectivity index (χ1v) is 7.97. The number of ether oxygens (including phenoxy) is 1. The van der Waals surface area contributed by atoms with Crippen molar-refractivity contribution in [2.75, 3.05) is 0 Å². The zero-order valence-corrected chi connectivity index (χ0v) is 13.1. The van der Waals surface area contributed by atoms with Gasteiger partial charge in [-0.1, -0.05) is 27.2 Å². The van der Waals surface area contributed by atoms with E-state index in [0.717, 1.165) is 54.7 Å². The summed E-state index contributed by atoms with van der Waals surface area (Å²) in [5, 5.41) is 0. The highest BCUT2D eigenvalue weighted by Gasteiger charge is 2.25. The van der Waals surface area contributed by atoms with E-state index in [4.69, 9.17) is 10.5 Å². The van der Waals surface area contributed by atoms with Crippen molar-refractivity contribution >= 4 is 0 Å². The number of hydrogen-bond acceptors (Lipinski definition) is 3. The predicted octanol–water partition coefficient (Wildman–Crippen LogP) is 3.70. The van der Waals surface area contributed by atoms with Gasteiger partial charge in [0.05, 0.1) is 0 Å². The number of rotatable bonds is 5. The lowest BCUT2D eigenvalue weighted by atomic mass is 9.82. The van der Waals surface area contributed by atoms with Crippen LogP contribution in [0.25, 0.3) is 0 Å². The fourth-order valence-corrected chi connectivity index (χ4v) is 3.32. The Morgan fingerprint density at radius 1 is 1.20 bits per heavy atom. The highest BCUT2D eigenvalue weighted by atomic mass is 16.5. The number of hydrogen-bond donors (Lipinski definition) is 1. The van der Waals surface area contributed by atoms with Crippen LogP contribution >= 0.6 is 0 Å². The summed E-state index contributed by atoms with van der Waals surface area (Å²) in [6.45, 7) is 7.35. The van der Waals surface area contributed by atoms with Crippen LogP contribution in [0.15, 0.2) is 12.1 Å². The monoisotopic (exact) mass is 276 g/mol. The lowest BCUT2D eigenvalue weighted by Gasteiger charge is -2.31. The Hall–Kier alpha value is -1.09. The Bertz CT molecular complexity index is 423. The fourth-order valence-electron chi connectivity index (χ4n) is 3.32. The van der Waals surface area contributed by atoms with Gasteiger partial charge in [0.2, 0.25) is 5.88 Å². The first-order chi connectivity index (χ1) is 9.60. The van der Waals surface area contributed by atoms with Crippen LogP contribution in [0.1, 0.15) is 57.7 Å². The lowest BCUT2D eigenvalue weighted by Crippen LogP contribution is -2.28. The molecule has 1 aliphatic rings. The summed E-state index contributed by atoms with van der Waals surface area (Å²) in [6.07, 6.45) is 5.99. The maximum atomic E-state index is 6.16. The van der Waals surface area contributed by atoms with E-state index in [9.17, 15) is 0 Å². The minimum Gasteiger partial charge on any atom is -0.474 e. The van der Waals surface area contributed by atoms with Gasteiger partial charge in [-0.15, -0.1) is 0 Å². The van der Waals surface area contributed by atoms with Gasteiger partial charge in [-0.2, -0.15) is 0 Å². The molecule has 1 aliphatic carbocycles. The number of aryl methyl sites for hydroxylation is 1. The molecular formula is C17H28N2O. The second-order valence-corrected chi connectivity index (χ2v) is 6.42. The van der Waals surface area contributed by atoms with Crippen molar-refractivity contribution in [3.63, 3.8) is 0 Å². The van der Waals surface area contributed by atoms with Gasteiger partial charge in [-0.25, -0.2) is 4.98 Å². The highest BCUT2D eigenvalue weighted by Crippen LogP contribution is 2.31. The zero-order chi connectivity index (χ0) is 14.5. The van der Waals surface area contributed by atoms with Gasteiger partial charge < -0.3 is 10.5 Å². The first kappa shape index (κ1) is 15.3. The largest absolute Gasteiger partial charge is 0.474 e. The average Bonchev–Trinajstić information content (AvgIpc) is 2.37. The maximum Gasteiger partial charge on any atom is 0.214 e. The Morgan fingerprint density at radius 2 is 1.90 bits per heavy atom. The van der Waals surface area contributed by atoms with Crippen LogP contribution < -0.4 is 10.5 Å². The van der Waals surface area contributed by atoms with Gasteiger partial charge in [0.1, 0.15) is 6.10 Å². The molecular weight excluding hydrogens is 248 g/mol. The van der Waals surface area contributed by atoms with Crippen LogP contribution in [-0.2, 0) is 13.0 Å². The van der Waals surface area contributed by atoms with Crippen molar-refractivity contribution in [2.24, 2.45) is 17.6 Å². The number of nitrogens with zero attached hydrogens (tertiary/aromatic N) is 1. The topological polar surface area (TPSA) is 48.1 Å². The van der Waals surface area contributed by atoms with Gasteiger partial charge in [0.25, 0.3) is 0 Å². The van der Waals surface area contributed by atoms with Crippen molar-refractivity contribution in [1.82, 2.24) is 4.98 Å². The Labute approximate surface area is 122 Å². The third kappa shape index (κ3) is 4.20. The molecule has 1 aromatic rings. The van der Waals surface area contributed by atoms with Crippen molar-refractivity contribution in [3.8, 4) is 5.88 Å². The first-order valence-electron chi connectivity index (χ1n) is 7.97. The van der Waals surface area contributed by atoms with E-state index in [1.807, 2.05) is 6.07 Å². The van der Waals surface area contributed by atoms with Crippen LogP contribution in [-0.4, -0.2) is 11.1 Å². The Morgan fingerprint density at radius 3 is 2.50 bits per heavy atom. The van der Waals surface area contributed by atoms with Gasteiger partial charge in [0.15, 0.2) is 0 Å². The van der Waals surface area contributed by atoms with E-state index in [0.29, 0.717) is 12.6 Å². The van der Waals surface area contributed by atoms with Crippen LogP contribution in [0.2, 0.25) is 0 Å². The van der Waals surface area contributed by atoms with Gasteiger partial charge in [-0.05, 0) is 49.1 Å². The van der Waals surface area contributed by atoms with Crippen LogP contribution in [0.5, 0.6) is 5.88 Å². The molecule has 0 aromatic carbocycles. The van der Waals surface area contributed by atoms with E-state index in [1.54, 1.807) is 0 Å². The molecule has 112 valence electrons. The van der Waals surface area contributed by atoms with Crippen molar-refractivity contribution in [3.05, 3.63) is 23.4 Å². The molecule has 0 spiro atoms. The predicted molar refractivity (Wildman–Crippen MR) is 82.7 cm³/mol. The summed E-state index contributed by atoms with van der Waals surface area (Å²) < 4.78 is 6.16. The third-order valence-electron chi connectivity index (χ3n) is 4.08. The molecule has 2 atom stereocenters. The van der Waals surface area contributed by atoms with Crippen LogP contribution in [0.3, 0.4) is 0 Å². The normalized spacial score (nSPS) is 26.5. The summed E-state index contributed by atoms with van der Waals surface area (Å²) in [5.74, 6) is 2.26. The molecule has 1 fully saturated rings. The molecule has 2 N–H and O–H groups in total. The minimum atomic E-state index is 0.309. The van der Waals surface area contributed by atoms with Crippen LogP contribution in [0.4, 0.5) is 0 Å². The van der Waals surface area contributed by atoms with Crippen LogP contribution in [0, 0.1) is 11.8 Å². The highest BCUT2D eigenvalue weighted by molar-refractivity contribution is 5.25. The quantitative estimate of drug-likeness (QED) is 0.892. The summed E-state index contributed by atoms with van der Waals surface area (Å²) in [6, 6.07) is 4.10. The molecule has 3 nitrogen and oxygen atoms in total. The van der Waals surface area contributed by atoms with Crippen molar-refractivity contribution in [1.29, 1.82) is 0 Å². The molecule has 3 heteroatoms. The minimum absolute atomic E-state index is 0.309. The molecule has 2 rings (SSSR count). The lowest BCUT2D eigenvalue weighted by molar-refractivity contribution is 0.0964. The average molecular weight is 276 g/mol. The molecule has 0 amide bonds. The Balaban J connectivity index is 2.09. The SMILES string of the molecule is CCCc1cc(CN)cc(OC2CC(C)CC(C)C2)n1. The van der Waals surface area contributed by atoms with Crippen molar-refractivity contribution < 1.29 is 4.74 Å². The standard InChI is InChI=1S/C17H28N2O/c1-4-5-15-9-14(11-18)10-17(19-15)20-16-7-12(2)6-13(3)8-16/h9-10,12-13,16H,4-8,11,18H2,1-3H3. The molecule has 0 aliphatic heterocycles. The summed E-state index contributed by atoms with van der Waals surface area (Å²) in [4.78, 5) is 4.64. The second kappa shape index (κ2) is 7.07. The molecule has 0 bridgehead atoms. The molecule has 1 saturated carbocycles. The number of pyridine rings is 1.